The van der Waals surface area contributed by atoms with Crippen LogP contribution in [0.2, 0.25) is 0 Å². The molecule has 25 heavy (non-hydrogen) atoms. The molecule has 0 aliphatic rings. The summed E-state index contributed by atoms with van der Waals surface area (Å²) in [6, 6.07) is 9.94. The maximum Gasteiger partial charge on any atom is 0.299 e. The molecule has 0 spiro atoms. The van der Waals surface area contributed by atoms with E-state index < -0.39 is 15.5 Å². The van der Waals surface area contributed by atoms with Gasteiger partial charge in [0.25, 0.3) is 11.4 Å². The molecule has 0 atom stereocenters. The molecule has 0 fully saturated rings. The van der Waals surface area contributed by atoms with Crippen LogP contribution in [0.3, 0.4) is 0 Å². The standard InChI is InChI=1S/C16H15N5O4/c17-12-7-14(16(21(24)25)8-15(12)20(22)23)18-6-5-10-9-19-13-4-2-1-3-11(10)13/h1-4,7-9,18-19H,5-6,17H2. The van der Waals surface area contributed by atoms with Gasteiger partial charge in [0, 0.05) is 23.6 Å². The SMILES string of the molecule is Nc1cc(NCCc2c[nH]c3ccccc23)c([N+](=O)[O-])cc1[N+](=O)[O-]. The minimum absolute atomic E-state index is 0.120. The normalized spacial score (nSPS) is 10.7. The Bertz CT molecular complexity index is 966. The molecule has 1 heterocycles. The molecule has 3 aromatic rings. The summed E-state index contributed by atoms with van der Waals surface area (Å²) >= 11 is 0. The van der Waals surface area contributed by atoms with Crippen molar-refractivity contribution in [1.29, 1.82) is 0 Å². The topological polar surface area (TPSA) is 140 Å². The number of fused-ring (bicyclic) bond motifs is 1. The third kappa shape index (κ3) is 3.20. The minimum Gasteiger partial charge on any atom is -0.393 e. The van der Waals surface area contributed by atoms with Crippen LogP contribution in [-0.4, -0.2) is 21.4 Å². The van der Waals surface area contributed by atoms with Gasteiger partial charge in [-0.3, -0.25) is 20.2 Å². The quantitative estimate of drug-likeness (QED) is 0.357. The Hall–Kier alpha value is -3.62. The molecule has 2 aromatic carbocycles. The molecule has 4 N–H and O–H groups in total. The van der Waals surface area contributed by atoms with E-state index in [2.05, 4.69) is 10.3 Å². The van der Waals surface area contributed by atoms with Gasteiger partial charge in [-0.05, 0) is 24.1 Å². The van der Waals surface area contributed by atoms with Crippen LogP contribution >= 0.6 is 0 Å². The highest BCUT2D eigenvalue weighted by Crippen LogP contribution is 2.34. The first-order valence-electron chi connectivity index (χ1n) is 7.48. The molecule has 0 radical (unpaired) electrons. The summed E-state index contributed by atoms with van der Waals surface area (Å²) in [4.78, 5) is 23.8. The predicted molar refractivity (Wildman–Crippen MR) is 94.7 cm³/mol. The molecule has 0 amide bonds. The van der Waals surface area contributed by atoms with Gasteiger partial charge in [-0.15, -0.1) is 0 Å². The lowest BCUT2D eigenvalue weighted by Gasteiger charge is -2.08. The van der Waals surface area contributed by atoms with Gasteiger partial charge in [0.1, 0.15) is 11.4 Å². The highest BCUT2D eigenvalue weighted by molar-refractivity contribution is 5.83. The Morgan fingerprint density at radius 1 is 1.08 bits per heavy atom. The Morgan fingerprint density at radius 3 is 2.52 bits per heavy atom. The highest BCUT2D eigenvalue weighted by atomic mass is 16.6. The number of nitrogens with one attached hydrogen (secondary N) is 2. The van der Waals surface area contributed by atoms with Crippen molar-refractivity contribution in [2.45, 2.75) is 6.42 Å². The van der Waals surface area contributed by atoms with Crippen LogP contribution in [0.15, 0.2) is 42.6 Å². The lowest BCUT2D eigenvalue weighted by Crippen LogP contribution is -2.08. The summed E-state index contributed by atoms with van der Waals surface area (Å²) in [6.45, 7) is 0.417. The van der Waals surface area contributed by atoms with Gasteiger partial charge in [-0.1, -0.05) is 18.2 Å². The van der Waals surface area contributed by atoms with Gasteiger partial charge in [-0.2, -0.15) is 0 Å². The summed E-state index contributed by atoms with van der Waals surface area (Å²) in [7, 11) is 0. The van der Waals surface area contributed by atoms with Crippen molar-refractivity contribution in [2.24, 2.45) is 0 Å². The Labute approximate surface area is 141 Å². The first-order chi connectivity index (χ1) is 12.0. The third-order valence-electron chi connectivity index (χ3n) is 3.92. The number of aromatic nitrogens is 1. The fourth-order valence-electron chi connectivity index (χ4n) is 2.72. The van der Waals surface area contributed by atoms with Crippen molar-refractivity contribution >= 4 is 33.7 Å². The summed E-state index contributed by atoms with van der Waals surface area (Å²) in [5, 5.41) is 26.1. The Morgan fingerprint density at radius 2 is 1.80 bits per heavy atom. The molecule has 3 rings (SSSR count). The van der Waals surface area contributed by atoms with E-state index in [4.69, 9.17) is 5.73 Å². The van der Waals surface area contributed by atoms with Crippen molar-refractivity contribution < 1.29 is 9.85 Å². The van der Waals surface area contributed by atoms with Crippen molar-refractivity contribution in [3.05, 3.63) is 68.4 Å². The second-order valence-electron chi connectivity index (χ2n) is 5.48. The van der Waals surface area contributed by atoms with E-state index >= 15 is 0 Å². The van der Waals surface area contributed by atoms with E-state index in [1.54, 1.807) is 0 Å². The highest BCUT2D eigenvalue weighted by Gasteiger charge is 2.23. The zero-order chi connectivity index (χ0) is 18.0. The number of nitrogen functional groups attached to an aromatic ring is 1. The van der Waals surface area contributed by atoms with Gasteiger partial charge in [0.2, 0.25) is 0 Å². The number of rotatable bonds is 6. The molecule has 0 unspecified atom stereocenters. The monoisotopic (exact) mass is 341 g/mol. The fourth-order valence-corrected chi connectivity index (χ4v) is 2.72. The third-order valence-corrected chi connectivity index (χ3v) is 3.92. The predicted octanol–water partition coefficient (Wildman–Crippen LogP) is 3.22. The first kappa shape index (κ1) is 16.2. The number of nitrogens with zero attached hydrogens (tertiary/aromatic N) is 2. The van der Waals surface area contributed by atoms with Gasteiger partial charge < -0.3 is 16.0 Å². The zero-order valence-corrected chi connectivity index (χ0v) is 13.1. The molecule has 0 saturated carbocycles. The van der Waals surface area contributed by atoms with Gasteiger partial charge >= 0.3 is 0 Å². The molecule has 0 bridgehead atoms. The van der Waals surface area contributed by atoms with Crippen LogP contribution < -0.4 is 11.1 Å². The Kier molecular flexibility index (Phi) is 4.21. The summed E-state index contributed by atoms with van der Waals surface area (Å²) < 4.78 is 0. The number of hydrogen-bond acceptors (Lipinski definition) is 6. The Balaban J connectivity index is 1.79. The number of benzene rings is 2. The molecule has 0 aliphatic carbocycles. The number of hydrogen-bond donors (Lipinski definition) is 3. The van der Waals surface area contributed by atoms with E-state index in [-0.39, 0.29) is 17.1 Å². The van der Waals surface area contributed by atoms with E-state index in [1.165, 1.54) is 6.07 Å². The molecule has 9 heteroatoms. The second kappa shape index (κ2) is 6.48. The molecular formula is C16H15N5O4. The fraction of sp³-hybridized carbons (Fsp3) is 0.125. The number of anilines is 2. The number of H-pyrrole nitrogens is 1. The van der Waals surface area contributed by atoms with E-state index in [0.717, 1.165) is 22.5 Å². The van der Waals surface area contributed by atoms with Crippen molar-refractivity contribution in [1.82, 2.24) is 4.98 Å². The van der Waals surface area contributed by atoms with Gasteiger partial charge in [0.05, 0.1) is 15.9 Å². The van der Waals surface area contributed by atoms with Gasteiger partial charge in [-0.25, -0.2) is 0 Å². The van der Waals surface area contributed by atoms with Crippen LogP contribution in [0.4, 0.5) is 22.7 Å². The summed E-state index contributed by atoms with van der Waals surface area (Å²) in [5.74, 6) is 0. The molecular weight excluding hydrogens is 326 g/mol. The molecule has 128 valence electrons. The van der Waals surface area contributed by atoms with Crippen molar-refractivity contribution in [3.63, 3.8) is 0 Å². The molecule has 0 saturated heterocycles. The minimum atomic E-state index is -0.738. The number of para-hydroxylation sites is 1. The lowest BCUT2D eigenvalue weighted by atomic mass is 10.1. The maximum atomic E-state index is 11.2. The number of nitro groups is 2. The molecule has 0 aliphatic heterocycles. The number of aromatic amines is 1. The second-order valence-corrected chi connectivity index (χ2v) is 5.48. The largest absolute Gasteiger partial charge is 0.393 e. The number of nitrogens with two attached hydrogens (primary N) is 1. The number of nitro benzene ring substituents is 2. The summed E-state index contributed by atoms with van der Waals surface area (Å²) in [6.07, 6.45) is 2.52. The van der Waals surface area contributed by atoms with Crippen LogP contribution in [-0.2, 0) is 6.42 Å². The van der Waals surface area contributed by atoms with Crippen LogP contribution in [0.5, 0.6) is 0 Å². The van der Waals surface area contributed by atoms with Crippen molar-refractivity contribution in [3.8, 4) is 0 Å². The van der Waals surface area contributed by atoms with Crippen LogP contribution in [0.1, 0.15) is 5.56 Å². The molecule has 9 nitrogen and oxygen atoms in total. The van der Waals surface area contributed by atoms with Gasteiger partial charge in [0.15, 0.2) is 0 Å². The zero-order valence-electron chi connectivity index (χ0n) is 13.1. The first-order valence-corrected chi connectivity index (χ1v) is 7.48. The van der Waals surface area contributed by atoms with E-state index in [1.807, 2.05) is 30.5 Å². The van der Waals surface area contributed by atoms with E-state index in [0.29, 0.717) is 13.0 Å². The van der Waals surface area contributed by atoms with Crippen LogP contribution in [0.25, 0.3) is 10.9 Å². The lowest BCUT2D eigenvalue weighted by molar-refractivity contribution is -0.393. The van der Waals surface area contributed by atoms with E-state index in [9.17, 15) is 20.2 Å². The smallest absolute Gasteiger partial charge is 0.299 e. The molecule has 1 aromatic heterocycles. The van der Waals surface area contributed by atoms with Crippen molar-refractivity contribution in [2.75, 3.05) is 17.6 Å². The van der Waals surface area contributed by atoms with Crippen LogP contribution in [0, 0.1) is 20.2 Å². The maximum absolute atomic E-state index is 11.2. The average molecular weight is 341 g/mol. The average Bonchev–Trinajstić information content (AvgIpc) is 2.98. The summed E-state index contributed by atoms with van der Waals surface area (Å²) in [5.41, 5.74) is 6.90.